The number of ether oxygens (including phenoxy) is 1. The van der Waals surface area contributed by atoms with Gasteiger partial charge >= 0.3 is 12.1 Å². The van der Waals surface area contributed by atoms with Gasteiger partial charge in [0, 0.05) is 6.54 Å². The van der Waals surface area contributed by atoms with Crippen molar-refractivity contribution in [3.63, 3.8) is 0 Å². The molecule has 0 aliphatic carbocycles. The molecule has 7 nitrogen and oxygen atoms in total. The molecule has 0 unspecified atom stereocenters. The number of aromatic nitrogens is 2. The molecule has 1 amide bonds. The van der Waals surface area contributed by atoms with E-state index in [1.807, 2.05) is 0 Å². The topological polar surface area (TPSA) is 84.7 Å². The number of amides is 1. The number of hydrogen-bond donors (Lipinski definition) is 1. The van der Waals surface area contributed by atoms with Gasteiger partial charge in [0.15, 0.2) is 0 Å². The van der Waals surface area contributed by atoms with Crippen LogP contribution >= 0.6 is 0 Å². The smallest absolute Gasteiger partial charge is 0.449 e. The molecular formula is C20H18F3N3O4. The summed E-state index contributed by atoms with van der Waals surface area (Å²) in [7, 11) is 1.46. The summed E-state index contributed by atoms with van der Waals surface area (Å²) in [4.78, 5) is 28.7. The first-order valence-corrected chi connectivity index (χ1v) is 8.84. The fourth-order valence-corrected chi connectivity index (χ4v) is 3.07. The molecule has 0 fully saturated rings. The van der Waals surface area contributed by atoms with Crippen LogP contribution in [0.5, 0.6) is 5.75 Å². The van der Waals surface area contributed by atoms with E-state index in [1.54, 1.807) is 30.3 Å². The minimum Gasteiger partial charge on any atom is -0.497 e. The zero-order chi connectivity index (χ0) is 21.9. The maximum absolute atomic E-state index is 13.5. The van der Waals surface area contributed by atoms with Crippen molar-refractivity contribution in [1.82, 2.24) is 14.5 Å². The molecule has 0 saturated carbocycles. The molecule has 0 saturated heterocycles. The Morgan fingerprint density at radius 3 is 2.57 bits per heavy atom. The summed E-state index contributed by atoms with van der Waals surface area (Å²) >= 11 is 0. The van der Waals surface area contributed by atoms with Gasteiger partial charge in [0.1, 0.15) is 18.8 Å². The molecule has 0 radical (unpaired) electrons. The summed E-state index contributed by atoms with van der Waals surface area (Å²) in [5, 5.41) is 9.18. The molecule has 3 aromatic rings. The first kappa shape index (κ1) is 21.2. The third-order valence-electron chi connectivity index (χ3n) is 4.39. The molecule has 1 aromatic heterocycles. The zero-order valence-electron chi connectivity index (χ0n) is 15.9. The lowest BCUT2D eigenvalue weighted by atomic mass is 10.2. The molecule has 1 N–H and O–H groups in total. The predicted octanol–water partition coefficient (Wildman–Crippen LogP) is 3.18. The number of carboxylic acids is 1. The SMILES string of the molecule is COc1cccc(CN(CC(=O)O)C(=O)Cn2c(C(F)(F)F)nc3ccccc32)c1. The molecule has 2 aromatic carbocycles. The average molecular weight is 421 g/mol. The minimum atomic E-state index is -4.77. The van der Waals surface area contributed by atoms with Crippen LogP contribution in [0.2, 0.25) is 0 Å². The summed E-state index contributed by atoms with van der Waals surface area (Å²) < 4.78 is 46.3. The number of methoxy groups -OCH3 is 1. The van der Waals surface area contributed by atoms with Crippen LogP contribution in [0.3, 0.4) is 0 Å². The van der Waals surface area contributed by atoms with Crippen molar-refractivity contribution in [3.05, 3.63) is 59.9 Å². The van der Waals surface area contributed by atoms with Crippen LogP contribution in [0.25, 0.3) is 11.0 Å². The van der Waals surface area contributed by atoms with E-state index >= 15 is 0 Å². The van der Waals surface area contributed by atoms with Gasteiger partial charge in [0.25, 0.3) is 0 Å². The van der Waals surface area contributed by atoms with Crippen LogP contribution in [-0.4, -0.2) is 45.1 Å². The van der Waals surface area contributed by atoms with Gasteiger partial charge in [-0.2, -0.15) is 13.2 Å². The highest BCUT2D eigenvalue weighted by atomic mass is 19.4. The van der Waals surface area contributed by atoms with E-state index in [1.165, 1.54) is 25.3 Å². The molecule has 30 heavy (non-hydrogen) atoms. The van der Waals surface area contributed by atoms with Crippen LogP contribution in [-0.2, 0) is 28.9 Å². The number of carboxylic acid groups (broad SMARTS) is 1. The van der Waals surface area contributed by atoms with Crippen molar-refractivity contribution in [2.24, 2.45) is 0 Å². The Kier molecular flexibility index (Phi) is 5.95. The van der Waals surface area contributed by atoms with Gasteiger partial charge < -0.3 is 19.3 Å². The molecular weight excluding hydrogens is 403 g/mol. The first-order valence-electron chi connectivity index (χ1n) is 8.84. The number of benzene rings is 2. The van der Waals surface area contributed by atoms with Crippen molar-refractivity contribution in [2.45, 2.75) is 19.3 Å². The van der Waals surface area contributed by atoms with E-state index in [2.05, 4.69) is 4.98 Å². The summed E-state index contributed by atoms with van der Waals surface area (Å²) in [6.07, 6.45) is -4.77. The number of nitrogens with zero attached hydrogens (tertiary/aromatic N) is 3. The lowest BCUT2D eigenvalue weighted by Crippen LogP contribution is -2.38. The fraction of sp³-hybridized carbons (Fsp3) is 0.250. The van der Waals surface area contributed by atoms with Gasteiger partial charge in [-0.25, -0.2) is 4.98 Å². The molecule has 0 aliphatic heterocycles. The number of carbonyl (C=O) groups excluding carboxylic acids is 1. The number of imidazole rings is 1. The van der Waals surface area contributed by atoms with Crippen LogP contribution in [0.1, 0.15) is 11.4 Å². The van der Waals surface area contributed by atoms with Gasteiger partial charge in [-0.1, -0.05) is 24.3 Å². The highest BCUT2D eigenvalue weighted by Crippen LogP contribution is 2.31. The van der Waals surface area contributed by atoms with Crippen molar-refractivity contribution < 1.29 is 32.6 Å². The molecule has 158 valence electrons. The third-order valence-corrected chi connectivity index (χ3v) is 4.39. The van der Waals surface area contributed by atoms with Crippen LogP contribution < -0.4 is 4.74 Å². The highest BCUT2D eigenvalue weighted by Gasteiger charge is 2.38. The lowest BCUT2D eigenvalue weighted by molar-refractivity contribution is -0.150. The van der Waals surface area contributed by atoms with Crippen LogP contribution in [0.4, 0.5) is 13.2 Å². The molecule has 0 spiro atoms. The van der Waals surface area contributed by atoms with Gasteiger partial charge in [-0.15, -0.1) is 0 Å². The largest absolute Gasteiger partial charge is 0.497 e. The first-order chi connectivity index (χ1) is 14.2. The van der Waals surface area contributed by atoms with E-state index in [0.29, 0.717) is 11.3 Å². The maximum Gasteiger partial charge on any atom is 0.449 e. The number of aliphatic carboxylic acids is 1. The van der Waals surface area contributed by atoms with Gasteiger partial charge in [0.05, 0.1) is 18.1 Å². The second-order valence-electron chi connectivity index (χ2n) is 6.50. The van der Waals surface area contributed by atoms with E-state index in [0.717, 1.165) is 9.47 Å². The van der Waals surface area contributed by atoms with Crippen LogP contribution in [0.15, 0.2) is 48.5 Å². The highest BCUT2D eigenvalue weighted by molar-refractivity contribution is 5.84. The van der Waals surface area contributed by atoms with Crippen molar-refractivity contribution in [2.75, 3.05) is 13.7 Å². The molecule has 1 heterocycles. The number of halogens is 3. The average Bonchev–Trinajstić information content (AvgIpc) is 3.06. The molecule has 10 heteroatoms. The van der Waals surface area contributed by atoms with Crippen molar-refractivity contribution >= 4 is 22.9 Å². The van der Waals surface area contributed by atoms with E-state index < -0.39 is 37.0 Å². The number of alkyl halides is 3. The quantitative estimate of drug-likeness (QED) is 0.634. The van der Waals surface area contributed by atoms with E-state index in [4.69, 9.17) is 4.74 Å². The Balaban J connectivity index is 1.93. The summed E-state index contributed by atoms with van der Waals surface area (Å²) in [6.45, 7) is -1.47. The molecule has 0 aliphatic rings. The minimum absolute atomic E-state index is 0.0928. The molecule has 0 atom stereocenters. The molecule has 0 bridgehead atoms. The summed E-state index contributed by atoms with van der Waals surface area (Å²) in [6, 6.07) is 12.6. The Morgan fingerprint density at radius 2 is 1.90 bits per heavy atom. The Hall–Kier alpha value is -3.56. The van der Waals surface area contributed by atoms with Gasteiger partial charge in [0.2, 0.25) is 11.7 Å². The number of fused-ring (bicyclic) bond motifs is 1. The van der Waals surface area contributed by atoms with Crippen molar-refractivity contribution in [1.29, 1.82) is 0 Å². The monoisotopic (exact) mass is 421 g/mol. The lowest BCUT2D eigenvalue weighted by Gasteiger charge is -2.22. The number of rotatable bonds is 7. The van der Waals surface area contributed by atoms with E-state index in [9.17, 15) is 27.9 Å². The van der Waals surface area contributed by atoms with Gasteiger partial charge in [-0.05, 0) is 29.8 Å². The second kappa shape index (κ2) is 8.44. The Morgan fingerprint density at radius 1 is 1.17 bits per heavy atom. The van der Waals surface area contributed by atoms with E-state index in [-0.39, 0.29) is 17.6 Å². The number of para-hydroxylation sites is 2. The number of carbonyl (C=O) groups is 2. The van der Waals surface area contributed by atoms with Crippen molar-refractivity contribution in [3.8, 4) is 5.75 Å². The predicted molar refractivity (Wildman–Crippen MR) is 101 cm³/mol. The second-order valence-corrected chi connectivity index (χ2v) is 6.50. The number of hydrogen-bond acceptors (Lipinski definition) is 4. The zero-order valence-corrected chi connectivity index (χ0v) is 15.9. The Bertz CT molecular complexity index is 1080. The van der Waals surface area contributed by atoms with Crippen LogP contribution in [0, 0.1) is 0 Å². The third kappa shape index (κ3) is 4.70. The fourth-order valence-electron chi connectivity index (χ4n) is 3.07. The summed E-state index contributed by atoms with van der Waals surface area (Å²) in [5.74, 6) is -2.77. The normalized spacial score (nSPS) is 11.5. The standard InChI is InChI=1S/C20H18F3N3O4/c1-30-14-6-4-5-13(9-14)10-25(12-18(28)29)17(27)11-26-16-8-3-2-7-15(16)24-19(26)20(21,22)23/h2-9H,10-12H2,1H3,(H,28,29). The Labute approximate surface area is 169 Å². The van der Waals surface area contributed by atoms with Gasteiger partial charge in [-0.3, -0.25) is 9.59 Å². The molecule has 3 rings (SSSR count). The summed E-state index contributed by atoms with van der Waals surface area (Å²) in [5.41, 5.74) is 0.806. The maximum atomic E-state index is 13.5.